The molecule has 2 aromatic heterocycles. The van der Waals surface area contributed by atoms with Crippen LogP contribution in [0.3, 0.4) is 0 Å². The van der Waals surface area contributed by atoms with Crippen molar-refractivity contribution in [1.82, 2.24) is 19.9 Å². The standard InChI is InChI=1S/C18H20N4O/c1-13-10-20-18(21-13)16-12-22(8-9-23-16)11-15-5-2-4-14-6-3-7-19-17(14)15/h2-7,10,16H,8-9,11-12H2,1H3,(H,20,21)/t16-/m1/s1. The Labute approximate surface area is 135 Å². The van der Waals surface area contributed by atoms with E-state index >= 15 is 0 Å². The number of nitrogens with zero attached hydrogens (tertiary/aromatic N) is 3. The van der Waals surface area contributed by atoms with Gasteiger partial charge in [-0.15, -0.1) is 0 Å². The first-order chi connectivity index (χ1) is 11.3. The fraction of sp³-hybridized carbons (Fsp3) is 0.333. The van der Waals surface area contributed by atoms with E-state index in [-0.39, 0.29) is 6.10 Å². The summed E-state index contributed by atoms with van der Waals surface area (Å²) in [5, 5.41) is 1.19. The van der Waals surface area contributed by atoms with Crippen molar-refractivity contribution in [2.24, 2.45) is 0 Å². The molecule has 0 bridgehead atoms. The number of aryl methyl sites for hydroxylation is 1. The number of benzene rings is 1. The zero-order valence-electron chi connectivity index (χ0n) is 13.2. The van der Waals surface area contributed by atoms with Crippen LogP contribution in [0.2, 0.25) is 0 Å². The van der Waals surface area contributed by atoms with Crippen molar-refractivity contribution < 1.29 is 4.74 Å². The smallest absolute Gasteiger partial charge is 0.136 e. The quantitative estimate of drug-likeness (QED) is 0.808. The summed E-state index contributed by atoms with van der Waals surface area (Å²) in [6.07, 6.45) is 3.73. The van der Waals surface area contributed by atoms with E-state index in [4.69, 9.17) is 4.74 Å². The van der Waals surface area contributed by atoms with Crippen LogP contribution in [0.4, 0.5) is 0 Å². The van der Waals surface area contributed by atoms with E-state index in [0.717, 1.165) is 43.3 Å². The molecule has 0 amide bonds. The molecule has 1 aromatic carbocycles. The van der Waals surface area contributed by atoms with Gasteiger partial charge < -0.3 is 9.72 Å². The highest BCUT2D eigenvalue weighted by molar-refractivity contribution is 5.81. The maximum Gasteiger partial charge on any atom is 0.136 e. The Bertz CT molecular complexity index is 808. The first-order valence-electron chi connectivity index (χ1n) is 7.98. The van der Waals surface area contributed by atoms with Gasteiger partial charge in [-0.3, -0.25) is 9.88 Å². The van der Waals surface area contributed by atoms with Crippen LogP contribution in [0.15, 0.2) is 42.7 Å². The van der Waals surface area contributed by atoms with Gasteiger partial charge in [0.1, 0.15) is 11.9 Å². The van der Waals surface area contributed by atoms with Gasteiger partial charge in [-0.2, -0.15) is 0 Å². The molecule has 5 heteroatoms. The molecular weight excluding hydrogens is 288 g/mol. The van der Waals surface area contributed by atoms with Crippen LogP contribution in [-0.2, 0) is 11.3 Å². The number of nitrogens with one attached hydrogen (secondary N) is 1. The molecule has 3 heterocycles. The molecule has 1 saturated heterocycles. The number of fused-ring (bicyclic) bond motifs is 1. The van der Waals surface area contributed by atoms with Crippen LogP contribution >= 0.6 is 0 Å². The fourth-order valence-electron chi connectivity index (χ4n) is 3.14. The number of H-pyrrole nitrogens is 1. The van der Waals surface area contributed by atoms with Crippen LogP contribution in [0.25, 0.3) is 10.9 Å². The number of imidazole rings is 1. The Morgan fingerprint density at radius 3 is 3.04 bits per heavy atom. The summed E-state index contributed by atoms with van der Waals surface area (Å²) in [7, 11) is 0. The Morgan fingerprint density at radius 1 is 1.26 bits per heavy atom. The molecule has 0 radical (unpaired) electrons. The van der Waals surface area contributed by atoms with E-state index in [0.29, 0.717) is 0 Å². The van der Waals surface area contributed by atoms with Crippen LogP contribution in [-0.4, -0.2) is 39.5 Å². The third-order valence-electron chi connectivity index (χ3n) is 4.29. The van der Waals surface area contributed by atoms with Gasteiger partial charge in [-0.05, 0) is 18.6 Å². The molecule has 0 saturated carbocycles. The Morgan fingerprint density at radius 2 is 2.17 bits per heavy atom. The van der Waals surface area contributed by atoms with Crippen LogP contribution in [0.5, 0.6) is 0 Å². The predicted octanol–water partition coefficient (Wildman–Crippen LogP) is 2.84. The molecule has 5 nitrogen and oxygen atoms in total. The lowest BCUT2D eigenvalue weighted by Gasteiger charge is -2.32. The number of aromatic nitrogens is 3. The summed E-state index contributed by atoms with van der Waals surface area (Å²) in [6.45, 7) is 5.39. The number of hydrogen-bond donors (Lipinski definition) is 1. The summed E-state index contributed by atoms with van der Waals surface area (Å²) in [5.41, 5.74) is 3.42. The minimum absolute atomic E-state index is 0.0142. The van der Waals surface area contributed by atoms with E-state index in [1.165, 1.54) is 10.9 Å². The van der Waals surface area contributed by atoms with Crippen LogP contribution in [0.1, 0.15) is 23.2 Å². The van der Waals surface area contributed by atoms with Crippen LogP contribution < -0.4 is 0 Å². The zero-order chi connectivity index (χ0) is 15.6. The first kappa shape index (κ1) is 14.4. The van der Waals surface area contributed by atoms with Gasteiger partial charge in [0.05, 0.1) is 12.1 Å². The van der Waals surface area contributed by atoms with E-state index in [2.05, 4.69) is 44.1 Å². The molecule has 3 aromatic rings. The highest BCUT2D eigenvalue weighted by Gasteiger charge is 2.24. The topological polar surface area (TPSA) is 54.0 Å². The van der Waals surface area contributed by atoms with Crippen molar-refractivity contribution in [2.45, 2.75) is 19.6 Å². The molecule has 118 valence electrons. The van der Waals surface area contributed by atoms with Gasteiger partial charge in [-0.1, -0.05) is 24.3 Å². The van der Waals surface area contributed by atoms with E-state index < -0.39 is 0 Å². The average Bonchev–Trinajstić information content (AvgIpc) is 3.02. The van der Waals surface area contributed by atoms with Gasteiger partial charge in [0.15, 0.2) is 0 Å². The number of ether oxygens (including phenoxy) is 1. The van der Waals surface area contributed by atoms with Gasteiger partial charge >= 0.3 is 0 Å². The lowest BCUT2D eigenvalue weighted by molar-refractivity contribution is -0.0367. The lowest BCUT2D eigenvalue weighted by Crippen LogP contribution is -2.38. The number of morpholine rings is 1. The Hall–Kier alpha value is -2.24. The van der Waals surface area contributed by atoms with E-state index in [9.17, 15) is 0 Å². The van der Waals surface area contributed by atoms with Crippen molar-refractivity contribution in [3.8, 4) is 0 Å². The highest BCUT2D eigenvalue weighted by atomic mass is 16.5. The maximum atomic E-state index is 5.88. The predicted molar refractivity (Wildman–Crippen MR) is 89.0 cm³/mol. The summed E-state index contributed by atoms with van der Waals surface area (Å²) < 4.78 is 5.88. The molecule has 23 heavy (non-hydrogen) atoms. The monoisotopic (exact) mass is 308 g/mol. The van der Waals surface area contributed by atoms with Crippen molar-refractivity contribution in [2.75, 3.05) is 19.7 Å². The maximum absolute atomic E-state index is 5.88. The fourth-order valence-corrected chi connectivity index (χ4v) is 3.14. The van der Waals surface area contributed by atoms with Gasteiger partial charge in [-0.25, -0.2) is 4.98 Å². The SMILES string of the molecule is Cc1cnc([C@H]2CN(Cc3cccc4cccnc34)CCO2)[nH]1. The van der Waals surface area contributed by atoms with E-state index in [1.54, 1.807) is 0 Å². The molecule has 4 rings (SSSR count). The lowest BCUT2D eigenvalue weighted by atomic mass is 10.1. The molecule has 0 unspecified atom stereocenters. The summed E-state index contributed by atoms with van der Waals surface area (Å²) >= 11 is 0. The molecular formula is C18H20N4O. The Balaban J connectivity index is 1.54. The Kier molecular flexibility index (Phi) is 3.81. The second kappa shape index (κ2) is 6.10. The highest BCUT2D eigenvalue weighted by Crippen LogP contribution is 2.23. The largest absolute Gasteiger partial charge is 0.368 e. The summed E-state index contributed by atoms with van der Waals surface area (Å²) in [6, 6.07) is 10.5. The molecule has 0 spiro atoms. The number of pyridine rings is 1. The van der Waals surface area contributed by atoms with Crippen molar-refractivity contribution in [1.29, 1.82) is 0 Å². The number of rotatable bonds is 3. The minimum atomic E-state index is 0.0142. The van der Waals surface area contributed by atoms with Gasteiger partial charge in [0, 0.05) is 43.1 Å². The molecule has 0 aliphatic carbocycles. The molecule has 1 fully saturated rings. The molecule has 1 N–H and O–H groups in total. The molecule has 1 aliphatic rings. The third-order valence-corrected chi connectivity index (χ3v) is 4.29. The van der Waals surface area contributed by atoms with Gasteiger partial charge in [0.25, 0.3) is 0 Å². The van der Waals surface area contributed by atoms with Crippen molar-refractivity contribution in [3.63, 3.8) is 0 Å². The summed E-state index contributed by atoms with van der Waals surface area (Å²) in [4.78, 5) is 14.7. The van der Waals surface area contributed by atoms with Crippen molar-refractivity contribution >= 4 is 10.9 Å². The number of hydrogen-bond acceptors (Lipinski definition) is 4. The molecule has 1 atom stereocenters. The zero-order valence-corrected chi connectivity index (χ0v) is 13.2. The second-order valence-electron chi connectivity index (χ2n) is 6.04. The minimum Gasteiger partial charge on any atom is -0.368 e. The van der Waals surface area contributed by atoms with Gasteiger partial charge in [0.2, 0.25) is 0 Å². The average molecular weight is 308 g/mol. The van der Waals surface area contributed by atoms with Crippen LogP contribution in [0, 0.1) is 6.92 Å². The van der Waals surface area contributed by atoms with E-state index in [1.807, 2.05) is 25.4 Å². The first-order valence-corrected chi connectivity index (χ1v) is 7.98. The molecule has 1 aliphatic heterocycles. The number of para-hydroxylation sites is 1. The normalized spacial score (nSPS) is 19.3. The van der Waals surface area contributed by atoms with Crippen molar-refractivity contribution in [3.05, 3.63) is 59.8 Å². The second-order valence-corrected chi connectivity index (χ2v) is 6.04. The third kappa shape index (κ3) is 2.98. The number of aromatic amines is 1. The summed E-state index contributed by atoms with van der Waals surface area (Å²) in [5.74, 6) is 0.920.